The summed E-state index contributed by atoms with van der Waals surface area (Å²) in [6, 6.07) is 0.746. The fourth-order valence-electron chi connectivity index (χ4n) is 2.80. The van der Waals surface area contributed by atoms with Crippen molar-refractivity contribution < 1.29 is 9.47 Å². The van der Waals surface area contributed by atoms with Gasteiger partial charge in [-0.3, -0.25) is 4.90 Å². The summed E-state index contributed by atoms with van der Waals surface area (Å²) in [4.78, 5) is 2.49. The van der Waals surface area contributed by atoms with Gasteiger partial charge in [0.15, 0.2) is 0 Å². The van der Waals surface area contributed by atoms with E-state index in [0.29, 0.717) is 18.8 Å². The van der Waals surface area contributed by atoms with Crippen LogP contribution in [0.4, 0.5) is 0 Å². The largest absolute Gasteiger partial charge is 0.383 e. The van der Waals surface area contributed by atoms with E-state index in [4.69, 9.17) is 15.2 Å². The van der Waals surface area contributed by atoms with Crippen molar-refractivity contribution in [1.82, 2.24) is 4.90 Å². The van der Waals surface area contributed by atoms with Gasteiger partial charge in [-0.05, 0) is 19.3 Å². The molecule has 4 heteroatoms. The second kappa shape index (κ2) is 5.25. The number of nitrogens with zero attached hydrogens (tertiary/aromatic N) is 1. The van der Waals surface area contributed by atoms with Crippen LogP contribution in [0, 0.1) is 0 Å². The molecule has 1 aliphatic carbocycles. The first kappa shape index (κ1) is 11.3. The lowest BCUT2D eigenvalue weighted by Gasteiger charge is -2.38. The second-order valence-electron chi connectivity index (χ2n) is 4.62. The predicted molar refractivity (Wildman–Crippen MR) is 58.8 cm³/mol. The molecule has 1 saturated heterocycles. The average molecular weight is 214 g/mol. The number of rotatable bonds is 4. The number of methoxy groups -OCH3 is 1. The minimum atomic E-state index is 0.134. The van der Waals surface area contributed by atoms with Gasteiger partial charge in [0.05, 0.1) is 19.3 Å². The molecule has 3 unspecified atom stereocenters. The van der Waals surface area contributed by atoms with Crippen molar-refractivity contribution in [2.45, 2.75) is 37.5 Å². The SMILES string of the molecule is COCC(N)CN1CCOC2CCCC21. The van der Waals surface area contributed by atoms with Crippen LogP contribution >= 0.6 is 0 Å². The zero-order chi connectivity index (χ0) is 10.7. The van der Waals surface area contributed by atoms with Gasteiger partial charge in [0.2, 0.25) is 0 Å². The highest BCUT2D eigenvalue weighted by Gasteiger charge is 2.36. The quantitative estimate of drug-likeness (QED) is 0.727. The van der Waals surface area contributed by atoms with Crippen LogP contribution in [0.1, 0.15) is 19.3 Å². The van der Waals surface area contributed by atoms with Gasteiger partial charge >= 0.3 is 0 Å². The topological polar surface area (TPSA) is 47.7 Å². The summed E-state index contributed by atoms with van der Waals surface area (Å²) >= 11 is 0. The van der Waals surface area contributed by atoms with Gasteiger partial charge in [0.1, 0.15) is 0 Å². The summed E-state index contributed by atoms with van der Waals surface area (Å²) in [5, 5.41) is 0. The molecule has 0 spiro atoms. The Bertz CT molecular complexity index is 201. The van der Waals surface area contributed by atoms with Gasteiger partial charge in [0.25, 0.3) is 0 Å². The molecule has 0 aromatic rings. The molecule has 0 aromatic heterocycles. The normalized spacial score (nSPS) is 34.0. The molecular weight excluding hydrogens is 192 g/mol. The highest BCUT2D eigenvalue weighted by molar-refractivity contribution is 4.90. The molecule has 0 amide bonds. The maximum atomic E-state index is 5.99. The summed E-state index contributed by atoms with van der Waals surface area (Å²) in [5.74, 6) is 0. The molecule has 2 N–H and O–H groups in total. The van der Waals surface area contributed by atoms with Crippen LogP contribution in [0.2, 0.25) is 0 Å². The zero-order valence-corrected chi connectivity index (χ0v) is 9.52. The summed E-state index contributed by atoms with van der Waals surface area (Å²) in [5.41, 5.74) is 5.99. The molecule has 0 radical (unpaired) electrons. The number of ether oxygens (including phenoxy) is 2. The molecule has 3 atom stereocenters. The first-order valence-corrected chi connectivity index (χ1v) is 5.91. The Balaban J connectivity index is 1.84. The Morgan fingerprint density at radius 2 is 2.40 bits per heavy atom. The fraction of sp³-hybridized carbons (Fsp3) is 1.00. The molecule has 2 rings (SSSR count). The highest BCUT2D eigenvalue weighted by Crippen LogP contribution is 2.29. The molecule has 0 bridgehead atoms. The maximum absolute atomic E-state index is 5.99. The Labute approximate surface area is 91.7 Å². The van der Waals surface area contributed by atoms with E-state index in [1.165, 1.54) is 19.3 Å². The lowest BCUT2D eigenvalue weighted by atomic mass is 10.1. The van der Waals surface area contributed by atoms with Crippen molar-refractivity contribution in [1.29, 1.82) is 0 Å². The van der Waals surface area contributed by atoms with Crippen LogP contribution in [-0.2, 0) is 9.47 Å². The summed E-state index contributed by atoms with van der Waals surface area (Å²) in [6.45, 7) is 3.48. The minimum Gasteiger partial charge on any atom is -0.383 e. The predicted octanol–water partition coefficient (Wildman–Crippen LogP) is 0.213. The van der Waals surface area contributed by atoms with Crippen LogP contribution in [0.15, 0.2) is 0 Å². The fourth-order valence-corrected chi connectivity index (χ4v) is 2.80. The molecule has 15 heavy (non-hydrogen) atoms. The van der Waals surface area contributed by atoms with Crippen molar-refractivity contribution in [3.63, 3.8) is 0 Å². The van der Waals surface area contributed by atoms with E-state index in [9.17, 15) is 0 Å². The third-order valence-electron chi connectivity index (χ3n) is 3.45. The number of nitrogens with two attached hydrogens (primary N) is 1. The van der Waals surface area contributed by atoms with Crippen LogP contribution < -0.4 is 5.73 Å². The molecule has 4 nitrogen and oxygen atoms in total. The number of hydrogen-bond donors (Lipinski definition) is 1. The van der Waals surface area contributed by atoms with Crippen molar-refractivity contribution in [3.8, 4) is 0 Å². The molecule has 2 fully saturated rings. The first-order valence-electron chi connectivity index (χ1n) is 5.91. The van der Waals surface area contributed by atoms with Crippen LogP contribution in [0.3, 0.4) is 0 Å². The molecule has 2 aliphatic rings. The number of morpholine rings is 1. The van der Waals surface area contributed by atoms with Crippen LogP contribution in [0.25, 0.3) is 0 Å². The van der Waals surface area contributed by atoms with E-state index in [0.717, 1.165) is 19.7 Å². The molecule has 1 aliphatic heterocycles. The first-order chi connectivity index (χ1) is 7.31. The van der Waals surface area contributed by atoms with Crippen molar-refractivity contribution in [3.05, 3.63) is 0 Å². The monoisotopic (exact) mass is 214 g/mol. The zero-order valence-electron chi connectivity index (χ0n) is 9.52. The maximum Gasteiger partial charge on any atom is 0.0730 e. The van der Waals surface area contributed by atoms with Gasteiger partial charge in [-0.2, -0.15) is 0 Å². The molecule has 1 heterocycles. The smallest absolute Gasteiger partial charge is 0.0730 e. The summed E-state index contributed by atoms with van der Waals surface area (Å²) in [6.07, 6.45) is 4.25. The molecule has 0 aromatic carbocycles. The lowest BCUT2D eigenvalue weighted by Crippen LogP contribution is -2.53. The van der Waals surface area contributed by atoms with E-state index in [1.54, 1.807) is 7.11 Å². The van der Waals surface area contributed by atoms with Crippen molar-refractivity contribution in [2.75, 3.05) is 33.4 Å². The summed E-state index contributed by atoms with van der Waals surface area (Å²) < 4.78 is 10.8. The van der Waals surface area contributed by atoms with Crippen molar-refractivity contribution in [2.24, 2.45) is 5.73 Å². The van der Waals surface area contributed by atoms with E-state index < -0.39 is 0 Å². The third-order valence-corrected chi connectivity index (χ3v) is 3.45. The molecular formula is C11H22N2O2. The third kappa shape index (κ3) is 2.69. The van der Waals surface area contributed by atoms with E-state index >= 15 is 0 Å². The lowest BCUT2D eigenvalue weighted by molar-refractivity contribution is -0.0588. The number of fused-ring (bicyclic) bond motifs is 1. The van der Waals surface area contributed by atoms with Crippen LogP contribution in [0.5, 0.6) is 0 Å². The summed E-state index contributed by atoms with van der Waals surface area (Å²) in [7, 11) is 1.71. The van der Waals surface area contributed by atoms with Crippen LogP contribution in [-0.4, -0.2) is 56.5 Å². The standard InChI is InChI=1S/C11H22N2O2/c1-14-8-9(12)7-13-5-6-15-11-4-2-3-10(11)13/h9-11H,2-8,12H2,1H3. The van der Waals surface area contributed by atoms with E-state index in [1.807, 2.05) is 0 Å². The van der Waals surface area contributed by atoms with E-state index in [2.05, 4.69) is 4.90 Å². The average Bonchev–Trinajstić information content (AvgIpc) is 2.67. The van der Waals surface area contributed by atoms with Gasteiger partial charge in [-0.1, -0.05) is 0 Å². The molecule has 1 saturated carbocycles. The minimum absolute atomic E-state index is 0.134. The van der Waals surface area contributed by atoms with Gasteiger partial charge in [-0.15, -0.1) is 0 Å². The second-order valence-corrected chi connectivity index (χ2v) is 4.62. The Hall–Kier alpha value is -0.160. The van der Waals surface area contributed by atoms with Gasteiger partial charge in [-0.25, -0.2) is 0 Å². The van der Waals surface area contributed by atoms with Gasteiger partial charge < -0.3 is 15.2 Å². The van der Waals surface area contributed by atoms with Crippen molar-refractivity contribution >= 4 is 0 Å². The Morgan fingerprint density at radius 3 is 3.20 bits per heavy atom. The van der Waals surface area contributed by atoms with E-state index in [-0.39, 0.29) is 6.04 Å². The number of hydrogen-bond acceptors (Lipinski definition) is 4. The Morgan fingerprint density at radius 1 is 1.53 bits per heavy atom. The molecule has 88 valence electrons. The Kier molecular flexibility index (Phi) is 3.97. The van der Waals surface area contributed by atoms with Gasteiger partial charge in [0, 0.05) is 32.3 Å². The highest BCUT2D eigenvalue weighted by atomic mass is 16.5.